The van der Waals surface area contributed by atoms with Crippen molar-refractivity contribution in [3.05, 3.63) is 49.1 Å². The van der Waals surface area contributed by atoms with Gasteiger partial charge in [-0.05, 0) is 37.5 Å². The first-order valence-electron chi connectivity index (χ1n) is 14.4. The maximum Gasteiger partial charge on any atom is 0.306 e. The van der Waals surface area contributed by atoms with Crippen LogP contribution in [-0.4, -0.2) is 56.9 Å². The summed E-state index contributed by atoms with van der Waals surface area (Å²) < 4.78 is 5.93. The Morgan fingerprint density at radius 2 is 1.68 bits per heavy atom. The van der Waals surface area contributed by atoms with Gasteiger partial charge in [0.05, 0.1) is 24.4 Å². The summed E-state index contributed by atoms with van der Waals surface area (Å²) >= 11 is 0. The molecule has 38 heavy (non-hydrogen) atoms. The molecule has 1 heterocycles. The Labute approximate surface area is 231 Å². The van der Waals surface area contributed by atoms with Gasteiger partial charge in [-0.1, -0.05) is 90.7 Å². The summed E-state index contributed by atoms with van der Waals surface area (Å²) in [6, 6.07) is 0. The van der Waals surface area contributed by atoms with Crippen LogP contribution in [0, 0.1) is 35.5 Å². The lowest BCUT2D eigenvalue weighted by molar-refractivity contribution is -0.155. The summed E-state index contributed by atoms with van der Waals surface area (Å²) in [5, 5.41) is 42.7. The third kappa shape index (κ3) is 12.4. The highest BCUT2D eigenvalue weighted by atomic mass is 16.5. The number of rotatable bonds is 5. The van der Waals surface area contributed by atoms with Gasteiger partial charge in [-0.2, -0.15) is 0 Å². The van der Waals surface area contributed by atoms with E-state index in [2.05, 4.69) is 13.5 Å². The van der Waals surface area contributed by atoms with E-state index in [4.69, 9.17) is 4.74 Å². The monoisotopic (exact) mass is 534 g/mol. The van der Waals surface area contributed by atoms with Gasteiger partial charge in [0.1, 0.15) is 6.10 Å². The van der Waals surface area contributed by atoms with Crippen molar-refractivity contribution in [3.8, 4) is 0 Å². The SMILES string of the molecule is C=C/C=C\[C@H](C)[C@H](O)[C@@H](C)[C@H]1CC[C@H](C)C[C@H](C)[C@@H](O)[C@@H](C)/C=C\[C@@H](O)C[C@H](O)[C@H](C)/C=C/CCC(=O)O1. The first kappa shape index (κ1) is 34.3. The summed E-state index contributed by atoms with van der Waals surface area (Å²) in [7, 11) is 0. The van der Waals surface area contributed by atoms with E-state index >= 15 is 0 Å². The molecule has 6 heteroatoms. The van der Waals surface area contributed by atoms with Gasteiger partial charge in [0.25, 0.3) is 0 Å². The molecule has 4 N–H and O–H groups in total. The van der Waals surface area contributed by atoms with Crippen LogP contribution in [0.25, 0.3) is 0 Å². The Morgan fingerprint density at radius 1 is 1.00 bits per heavy atom. The summed E-state index contributed by atoms with van der Waals surface area (Å²) in [6.07, 6.45) is 12.6. The molecule has 0 aromatic rings. The highest BCUT2D eigenvalue weighted by Gasteiger charge is 2.31. The molecule has 0 aromatic carbocycles. The van der Waals surface area contributed by atoms with Gasteiger partial charge in [0.15, 0.2) is 0 Å². The van der Waals surface area contributed by atoms with Crippen LogP contribution in [0.4, 0.5) is 0 Å². The maximum atomic E-state index is 12.8. The number of esters is 1. The van der Waals surface area contributed by atoms with Gasteiger partial charge in [-0.25, -0.2) is 0 Å². The molecule has 0 saturated carbocycles. The van der Waals surface area contributed by atoms with E-state index < -0.39 is 30.5 Å². The van der Waals surface area contributed by atoms with E-state index in [1.54, 1.807) is 12.2 Å². The number of carbonyl (C=O) groups excluding carboxylic acids is 1. The second-order valence-corrected chi connectivity index (χ2v) is 11.7. The second kappa shape index (κ2) is 17.8. The zero-order valence-corrected chi connectivity index (χ0v) is 24.4. The van der Waals surface area contributed by atoms with E-state index in [1.807, 2.05) is 65.0 Å². The standard InChI is InChI=1S/C32H54O6/c1-8-9-12-23(4)32(37)26(7)29-18-15-21(2)19-25(6)31(36)24(5)16-17-27(33)20-28(34)22(3)13-10-11-14-30(35)38-29/h8-10,12-13,16-17,21-29,31-34,36-37H,1,11,14-15,18-20H2,2-7H3/b12-9-,13-10+,17-16-/t21-,22+,23-,24-,25-,26-,27+,28-,29+,31-,32-/m0/s1. The Bertz CT molecular complexity index is 774. The van der Waals surface area contributed by atoms with Crippen LogP contribution in [0.5, 0.6) is 0 Å². The largest absolute Gasteiger partial charge is 0.462 e. The van der Waals surface area contributed by atoms with Crippen LogP contribution in [0.2, 0.25) is 0 Å². The quantitative estimate of drug-likeness (QED) is 0.215. The molecule has 1 aliphatic heterocycles. The molecular formula is C32H54O6. The molecule has 0 radical (unpaired) electrons. The highest BCUT2D eigenvalue weighted by molar-refractivity contribution is 5.69. The molecule has 1 rings (SSSR count). The first-order chi connectivity index (χ1) is 17.9. The highest BCUT2D eigenvalue weighted by Crippen LogP contribution is 2.29. The zero-order valence-electron chi connectivity index (χ0n) is 24.4. The number of aliphatic hydroxyl groups excluding tert-OH is 4. The van der Waals surface area contributed by atoms with Crippen LogP contribution in [0.1, 0.15) is 80.1 Å². The fourth-order valence-electron chi connectivity index (χ4n) is 5.18. The number of ether oxygens (including phenoxy) is 1. The third-order valence-corrected chi connectivity index (χ3v) is 8.02. The minimum atomic E-state index is -0.797. The van der Waals surface area contributed by atoms with Crippen molar-refractivity contribution in [2.45, 2.75) is 111 Å². The Kier molecular flexibility index (Phi) is 16.0. The van der Waals surface area contributed by atoms with Crippen molar-refractivity contribution in [1.82, 2.24) is 0 Å². The van der Waals surface area contributed by atoms with E-state index in [0.29, 0.717) is 12.8 Å². The first-order valence-corrected chi connectivity index (χ1v) is 14.4. The maximum absolute atomic E-state index is 12.8. The van der Waals surface area contributed by atoms with E-state index in [1.165, 1.54) is 0 Å². The predicted octanol–water partition coefficient (Wildman–Crippen LogP) is 5.37. The van der Waals surface area contributed by atoms with Gasteiger partial charge in [-0.3, -0.25) is 4.79 Å². The predicted molar refractivity (Wildman–Crippen MR) is 154 cm³/mol. The minimum Gasteiger partial charge on any atom is -0.462 e. The lowest BCUT2D eigenvalue weighted by Gasteiger charge is -2.31. The van der Waals surface area contributed by atoms with Crippen molar-refractivity contribution >= 4 is 5.97 Å². The van der Waals surface area contributed by atoms with Crippen LogP contribution < -0.4 is 0 Å². The topological polar surface area (TPSA) is 107 Å². The van der Waals surface area contributed by atoms with Crippen molar-refractivity contribution < 1.29 is 30.0 Å². The zero-order chi connectivity index (χ0) is 28.8. The molecule has 0 aromatic heterocycles. The minimum absolute atomic E-state index is 0.0382. The summed E-state index contributed by atoms with van der Waals surface area (Å²) in [5.74, 6) is -0.663. The fourth-order valence-corrected chi connectivity index (χ4v) is 5.18. The molecular weight excluding hydrogens is 480 g/mol. The molecule has 0 spiro atoms. The lowest BCUT2D eigenvalue weighted by atomic mass is 9.82. The molecule has 6 nitrogen and oxygen atoms in total. The van der Waals surface area contributed by atoms with Crippen molar-refractivity contribution in [2.75, 3.05) is 0 Å². The number of cyclic esters (lactones) is 1. The number of carbonyl (C=O) groups is 1. The number of hydrogen-bond acceptors (Lipinski definition) is 6. The smallest absolute Gasteiger partial charge is 0.306 e. The Balaban J connectivity index is 3.09. The van der Waals surface area contributed by atoms with Crippen molar-refractivity contribution in [1.29, 1.82) is 0 Å². The van der Waals surface area contributed by atoms with Crippen LogP contribution in [0.15, 0.2) is 49.1 Å². The van der Waals surface area contributed by atoms with Gasteiger partial charge in [0, 0.05) is 36.5 Å². The molecule has 0 fully saturated rings. The molecule has 0 saturated heterocycles. The van der Waals surface area contributed by atoms with E-state index in [9.17, 15) is 25.2 Å². The van der Waals surface area contributed by atoms with Crippen molar-refractivity contribution in [2.24, 2.45) is 35.5 Å². The lowest BCUT2D eigenvalue weighted by Crippen LogP contribution is -2.37. The van der Waals surface area contributed by atoms with Gasteiger partial charge >= 0.3 is 5.97 Å². The van der Waals surface area contributed by atoms with Crippen molar-refractivity contribution in [3.63, 3.8) is 0 Å². The molecule has 0 amide bonds. The summed E-state index contributed by atoms with van der Waals surface area (Å²) in [4.78, 5) is 12.8. The second-order valence-electron chi connectivity index (χ2n) is 11.7. The van der Waals surface area contributed by atoms with Crippen LogP contribution in [-0.2, 0) is 9.53 Å². The van der Waals surface area contributed by atoms with Crippen LogP contribution in [0.3, 0.4) is 0 Å². The molecule has 218 valence electrons. The third-order valence-electron chi connectivity index (χ3n) is 8.02. The van der Waals surface area contributed by atoms with Crippen LogP contribution >= 0.6 is 0 Å². The average molecular weight is 535 g/mol. The Hall–Kier alpha value is -1.73. The normalized spacial score (nSPS) is 37.5. The molecule has 0 aliphatic carbocycles. The summed E-state index contributed by atoms with van der Waals surface area (Å²) in [5.41, 5.74) is 0. The number of aliphatic hydroxyl groups is 4. The fraction of sp³-hybridized carbons (Fsp3) is 0.719. The summed E-state index contributed by atoms with van der Waals surface area (Å²) in [6.45, 7) is 15.5. The molecule has 1 aliphatic rings. The van der Waals surface area contributed by atoms with E-state index in [-0.39, 0.29) is 54.3 Å². The molecule has 0 bridgehead atoms. The van der Waals surface area contributed by atoms with Gasteiger partial charge < -0.3 is 25.2 Å². The Morgan fingerprint density at radius 3 is 2.34 bits per heavy atom. The molecule has 0 unspecified atom stereocenters. The number of hydrogen-bond donors (Lipinski definition) is 4. The van der Waals surface area contributed by atoms with Gasteiger partial charge in [-0.15, -0.1) is 0 Å². The number of allylic oxidation sites excluding steroid dienone is 3. The van der Waals surface area contributed by atoms with Gasteiger partial charge in [0.2, 0.25) is 0 Å². The molecule has 11 atom stereocenters. The van der Waals surface area contributed by atoms with E-state index in [0.717, 1.165) is 12.8 Å². The average Bonchev–Trinajstić information content (AvgIpc) is 2.88.